The lowest BCUT2D eigenvalue weighted by atomic mass is 9.82. The summed E-state index contributed by atoms with van der Waals surface area (Å²) in [6.45, 7) is 0.0780. The number of carboxylic acid groups (broad SMARTS) is 1. The lowest BCUT2D eigenvalue weighted by molar-refractivity contribution is -0.631. The van der Waals surface area contributed by atoms with Crippen molar-refractivity contribution in [2.24, 2.45) is 17.6 Å². The van der Waals surface area contributed by atoms with Gasteiger partial charge in [-0.2, -0.15) is 0 Å². The highest BCUT2D eigenvalue weighted by Crippen LogP contribution is 2.29. The first-order chi connectivity index (χ1) is 7.91. The van der Waals surface area contributed by atoms with E-state index < -0.39 is 17.0 Å². The molecule has 0 amide bonds. The Bertz CT molecular complexity index is 311. The Morgan fingerprint density at radius 2 is 2.00 bits per heavy atom. The maximum Gasteiger partial charge on any atom is 0.306 e. The van der Waals surface area contributed by atoms with Crippen LogP contribution in [0, 0.1) is 27.4 Å². The van der Waals surface area contributed by atoms with Gasteiger partial charge < -0.3 is 10.8 Å². The quantitative estimate of drug-likeness (QED) is 0.281. The predicted molar refractivity (Wildman–Crippen MR) is 58.7 cm³/mol. The predicted octanol–water partition coefficient (Wildman–Crippen LogP) is 0.265. The molecule has 1 aliphatic rings. The van der Waals surface area contributed by atoms with E-state index >= 15 is 0 Å². The Labute approximate surface area is 98.0 Å². The number of rotatable bonds is 4. The summed E-state index contributed by atoms with van der Waals surface area (Å²) in [7, 11) is 0. The van der Waals surface area contributed by atoms with Crippen LogP contribution in [0.25, 0.3) is 0 Å². The molecular weight excluding hydrogens is 228 g/mol. The topological polar surface area (TPSA) is 134 Å². The first-order valence-corrected chi connectivity index (χ1v) is 5.40. The molecule has 0 heterocycles. The molecule has 1 aliphatic carbocycles. The average molecular weight is 244 g/mol. The van der Waals surface area contributed by atoms with Crippen LogP contribution in [0.15, 0.2) is 0 Å². The normalized spacial score (nSPS) is 24.0. The van der Waals surface area contributed by atoms with Gasteiger partial charge in [0.25, 0.3) is 5.96 Å². The Morgan fingerprint density at radius 3 is 2.35 bits per heavy atom. The molecule has 96 valence electrons. The molecule has 8 nitrogen and oxygen atoms in total. The van der Waals surface area contributed by atoms with Crippen molar-refractivity contribution in [3.05, 3.63) is 10.1 Å². The van der Waals surface area contributed by atoms with E-state index in [1.165, 1.54) is 0 Å². The van der Waals surface area contributed by atoms with Crippen molar-refractivity contribution in [2.75, 3.05) is 6.54 Å². The van der Waals surface area contributed by atoms with Gasteiger partial charge in [0.2, 0.25) is 0 Å². The largest absolute Gasteiger partial charge is 0.481 e. The van der Waals surface area contributed by atoms with Gasteiger partial charge in [-0.05, 0) is 31.6 Å². The molecule has 4 N–H and O–H groups in total. The van der Waals surface area contributed by atoms with E-state index in [0.29, 0.717) is 30.7 Å². The second kappa shape index (κ2) is 5.46. The maximum atomic E-state index is 10.7. The van der Waals surface area contributed by atoms with Crippen LogP contribution in [0.4, 0.5) is 0 Å². The second-order valence-electron chi connectivity index (χ2n) is 4.26. The molecule has 0 aromatic carbocycles. The number of nitrogens with two attached hydrogens (primary N) is 1. The molecule has 0 spiro atoms. The molecule has 0 bridgehead atoms. The van der Waals surface area contributed by atoms with Gasteiger partial charge in [-0.15, -0.1) is 0 Å². The van der Waals surface area contributed by atoms with E-state index in [1.54, 1.807) is 0 Å². The van der Waals surface area contributed by atoms with Crippen LogP contribution in [0.3, 0.4) is 0 Å². The van der Waals surface area contributed by atoms with Gasteiger partial charge in [0, 0.05) is 0 Å². The first-order valence-electron chi connectivity index (χ1n) is 5.40. The van der Waals surface area contributed by atoms with Crippen LogP contribution in [0.5, 0.6) is 0 Å². The number of hydrogen-bond donors (Lipinski definition) is 3. The molecule has 17 heavy (non-hydrogen) atoms. The molecule has 8 heteroatoms. The zero-order valence-corrected chi connectivity index (χ0v) is 9.33. The van der Waals surface area contributed by atoms with Gasteiger partial charge in [0.1, 0.15) is 0 Å². The molecule has 0 aromatic heterocycles. The zero-order valence-electron chi connectivity index (χ0n) is 9.33. The van der Waals surface area contributed by atoms with E-state index in [-0.39, 0.29) is 18.4 Å². The molecule has 0 radical (unpaired) electrons. The van der Waals surface area contributed by atoms with Crippen LogP contribution in [0.1, 0.15) is 25.7 Å². The monoisotopic (exact) mass is 244 g/mol. The summed E-state index contributed by atoms with van der Waals surface area (Å²) in [6.07, 6.45) is 2.30. The molecule has 0 aromatic rings. The molecule has 1 rings (SSSR count). The Kier molecular flexibility index (Phi) is 4.24. The van der Waals surface area contributed by atoms with Crippen LogP contribution >= 0.6 is 0 Å². The maximum absolute atomic E-state index is 10.7. The zero-order chi connectivity index (χ0) is 13.0. The Balaban J connectivity index is 2.46. The van der Waals surface area contributed by atoms with Crippen molar-refractivity contribution in [1.82, 2.24) is 5.01 Å². The number of hydrazine groups is 1. The van der Waals surface area contributed by atoms with Crippen molar-refractivity contribution in [1.29, 1.82) is 5.41 Å². The third-order valence-electron chi connectivity index (χ3n) is 3.10. The van der Waals surface area contributed by atoms with E-state index in [1.807, 2.05) is 0 Å². The van der Waals surface area contributed by atoms with Crippen molar-refractivity contribution < 1.29 is 14.9 Å². The molecular formula is C9H16N4O4. The van der Waals surface area contributed by atoms with Gasteiger partial charge in [-0.3, -0.25) is 10.2 Å². The van der Waals surface area contributed by atoms with Gasteiger partial charge in [0.15, 0.2) is 5.03 Å². The van der Waals surface area contributed by atoms with Crippen molar-refractivity contribution in [3.8, 4) is 0 Å². The third kappa shape index (κ3) is 3.58. The summed E-state index contributed by atoms with van der Waals surface area (Å²) in [5.41, 5.74) is 5.10. The van der Waals surface area contributed by atoms with Gasteiger partial charge in [-0.25, -0.2) is 10.1 Å². The highest BCUT2D eigenvalue weighted by molar-refractivity contribution is 5.73. The smallest absolute Gasteiger partial charge is 0.306 e. The first kappa shape index (κ1) is 13.2. The van der Waals surface area contributed by atoms with Crippen molar-refractivity contribution >= 4 is 11.9 Å². The number of nitrogens with one attached hydrogen (secondary N) is 1. The second-order valence-corrected chi connectivity index (χ2v) is 4.26. The molecule has 0 aliphatic heterocycles. The van der Waals surface area contributed by atoms with E-state index in [9.17, 15) is 14.9 Å². The standard InChI is InChI=1S/C9H16N4O4/c10-9(11)12(13(16)17)5-6-1-3-7(4-2-6)8(14)15/h6-7H,1-5H2,(H3,10,11)(H,14,15). The van der Waals surface area contributed by atoms with Crippen LogP contribution < -0.4 is 5.73 Å². The number of guanidine groups is 1. The van der Waals surface area contributed by atoms with Crippen molar-refractivity contribution in [2.45, 2.75) is 25.7 Å². The summed E-state index contributed by atoms with van der Waals surface area (Å²) >= 11 is 0. The number of hydrogen-bond acceptors (Lipinski definition) is 4. The number of carboxylic acids is 1. The summed E-state index contributed by atoms with van der Waals surface area (Å²) < 4.78 is 0. The lowest BCUT2D eigenvalue weighted by Crippen LogP contribution is -2.44. The van der Waals surface area contributed by atoms with Gasteiger partial charge in [0.05, 0.1) is 12.5 Å². The summed E-state index contributed by atoms with van der Waals surface area (Å²) in [5.74, 6) is -1.70. The fraction of sp³-hybridized carbons (Fsp3) is 0.778. The van der Waals surface area contributed by atoms with Gasteiger partial charge in [-0.1, -0.05) is 5.01 Å². The average Bonchev–Trinajstić information content (AvgIpc) is 2.25. The SMILES string of the molecule is N=C(N)N(CC1CCC(C(=O)O)CC1)[N+](=O)[O-]. The van der Waals surface area contributed by atoms with Crippen LogP contribution in [-0.4, -0.2) is 33.6 Å². The number of carbonyl (C=O) groups is 1. The minimum absolute atomic E-state index is 0.0277. The summed E-state index contributed by atoms with van der Waals surface area (Å²) in [5, 5.41) is 26.4. The minimum Gasteiger partial charge on any atom is -0.481 e. The molecule has 0 atom stereocenters. The summed E-state index contributed by atoms with van der Waals surface area (Å²) in [6, 6.07) is 0. The Morgan fingerprint density at radius 1 is 1.47 bits per heavy atom. The number of nitrogens with zero attached hydrogens (tertiary/aromatic N) is 2. The van der Waals surface area contributed by atoms with E-state index in [0.717, 1.165) is 0 Å². The lowest BCUT2D eigenvalue weighted by Gasteiger charge is -2.27. The van der Waals surface area contributed by atoms with E-state index in [4.69, 9.17) is 16.2 Å². The highest BCUT2D eigenvalue weighted by Gasteiger charge is 2.30. The molecule has 0 unspecified atom stereocenters. The summed E-state index contributed by atoms with van der Waals surface area (Å²) in [4.78, 5) is 21.3. The van der Waals surface area contributed by atoms with Gasteiger partial charge >= 0.3 is 5.97 Å². The van der Waals surface area contributed by atoms with Crippen molar-refractivity contribution in [3.63, 3.8) is 0 Å². The Hall–Kier alpha value is -1.86. The third-order valence-corrected chi connectivity index (χ3v) is 3.10. The number of aliphatic carboxylic acids is 1. The van der Waals surface area contributed by atoms with Crippen LogP contribution in [-0.2, 0) is 4.79 Å². The van der Waals surface area contributed by atoms with Crippen LogP contribution in [0.2, 0.25) is 0 Å². The molecule has 0 saturated heterocycles. The highest BCUT2D eigenvalue weighted by atomic mass is 16.7. The van der Waals surface area contributed by atoms with E-state index in [2.05, 4.69) is 0 Å². The molecule has 1 fully saturated rings. The number of nitro groups is 1. The fourth-order valence-corrected chi connectivity index (χ4v) is 2.09. The minimum atomic E-state index is -0.804. The fourth-order valence-electron chi connectivity index (χ4n) is 2.09. The molecule has 1 saturated carbocycles.